The lowest BCUT2D eigenvalue weighted by molar-refractivity contribution is 0.532. The first-order valence-corrected chi connectivity index (χ1v) is 6.56. The Morgan fingerprint density at radius 1 is 1.16 bits per heavy atom. The van der Waals surface area contributed by atoms with Crippen LogP contribution in [-0.2, 0) is 5.41 Å². The van der Waals surface area contributed by atoms with E-state index in [4.69, 9.17) is 34.8 Å². The molecule has 0 fully saturated rings. The predicted molar refractivity (Wildman–Crippen MR) is 80.9 cm³/mol. The van der Waals surface area contributed by atoms with Gasteiger partial charge in [0.1, 0.15) is 11.5 Å². The second-order valence-electron chi connectivity index (χ2n) is 5.42. The molecule has 4 N–H and O–H groups in total. The average molecular weight is 299 g/mol. The van der Waals surface area contributed by atoms with Gasteiger partial charge in [-0.3, -0.25) is 0 Å². The van der Waals surface area contributed by atoms with Crippen LogP contribution in [0.3, 0.4) is 0 Å². The van der Waals surface area contributed by atoms with Crippen LogP contribution in [0.5, 0.6) is 0 Å². The molecule has 0 amide bonds. The summed E-state index contributed by atoms with van der Waals surface area (Å²) in [4.78, 5) is 4.53. The third kappa shape index (κ3) is 2.51. The van der Waals surface area contributed by atoms with Gasteiger partial charge in [0.2, 0.25) is 0 Å². The summed E-state index contributed by atoms with van der Waals surface area (Å²) in [6.45, 7) is 6.07. The van der Waals surface area contributed by atoms with Gasteiger partial charge in [0.15, 0.2) is 5.82 Å². The highest BCUT2D eigenvalue weighted by Gasteiger charge is 2.24. The quantitative estimate of drug-likeness (QED) is 0.792. The predicted octanol–water partition coefficient (Wildman–Crippen LogP) is 3.45. The van der Waals surface area contributed by atoms with E-state index in [0.717, 1.165) is 5.56 Å². The number of nitrogens with zero attached hydrogens (tertiary/aromatic N) is 2. The zero-order valence-corrected chi connectivity index (χ0v) is 12.5. The van der Waals surface area contributed by atoms with Crippen molar-refractivity contribution in [3.8, 4) is 11.3 Å². The van der Waals surface area contributed by atoms with Gasteiger partial charge in [0.25, 0.3) is 0 Å². The summed E-state index contributed by atoms with van der Waals surface area (Å²) in [7, 11) is 0. The van der Waals surface area contributed by atoms with Crippen LogP contribution in [-0.4, -0.2) is 9.66 Å². The van der Waals surface area contributed by atoms with Gasteiger partial charge in [-0.05, 0) is 12.1 Å². The smallest absolute Gasteiger partial charge is 0.150 e. The minimum atomic E-state index is -0.197. The molecule has 1 aromatic carbocycles. The van der Waals surface area contributed by atoms with Crippen molar-refractivity contribution < 1.29 is 0 Å². The van der Waals surface area contributed by atoms with Crippen LogP contribution in [0, 0.1) is 0 Å². The van der Waals surface area contributed by atoms with Gasteiger partial charge in [-0.15, -0.1) is 0 Å². The molecule has 0 bridgehead atoms. The van der Waals surface area contributed by atoms with E-state index >= 15 is 0 Å². The lowest BCUT2D eigenvalue weighted by Crippen LogP contribution is -2.24. The van der Waals surface area contributed by atoms with Crippen molar-refractivity contribution in [3.05, 3.63) is 34.1 Å². The molecule has 2 aromatic rings. The Kier molecular flexibility index (Phi) is 3.41. The summed E-state index contributed by atoms with van der Waals surface area (Å²) in [5.41, 5.74) is 7.23. The number of rotatable bonds is 1. The first-order valence-electron chi connectivity index (χ1n) is 5.81. The highest BCUT2D eigenvalue weighted by molar-refractivity contribution is 6.42. The number of aromatic nitrogens is 2. The van der Waals surface area contributed by atoms with Crippen molar-refractivity contribution in [1.82, 2.24) is 9.66 Å². The van der Waals surface area contributed by atoms with E-state index in [9.17, 15) is 0 Å². The second kappa shape index (κ2) is 4.62. The fourth-order valence-electron chi connectivity index (χ4n) is 1.83. The molecule has 0 atom stereocenters. The molecule has 0 aliphatic carbocycles. The molecule has 0 saturated carbocycles. The van der Waals surface area contributed by atoms with E-state index in [2.05, 4.69) is 4.98 Å². The van der Waals surface area contributed by atoms with Crippen LogP contribution in [0.15, 0.2) is 18.2 Å². The molecule has 0 spiro atoms. The Balaban J connectivity index is 2.60. The van der Waals surface area contributed by atoms with Crippen molar-refractivity contribution >= 4 is 29.0 Å². The molecule has 0 unspecified atom stereocenters. The first-order chi connectivity index (χ1) is 8.71. The molecule has 1 aromatic heterocycles. The van der Waals surface area contributed by atoms with Crippen LogP contribution in [0.2, 0.25) is 10.0 Å². The van der Waals surface area contributed by atoms with Crippen molar-refractivity contribution in [2.45, 2.75) is 26.2 Å². The maximum Gasteiger partial charge on any atom is 0.150 e. The monoisotopic (exact) mass is 298 g/mol. The normalized spacial score (nSPS) is 11.8. The van der Waals surface area contributed by atoms with Gasteiger partial charge < -0.3 is 11.6 Å². The lowest BCUT2D eigenvalue weighted by Gasteiger charge is -2.17. The number of anilines is 1. The van der Waals surface area contributed by atoms with Crippen LogP contribution in [0.25, 0.3) is 11.3 Å². The molecule has 1 heterocycles. The molecule has 102 valence electrons. The molecule has 4 nitrogen and oxygen atoms in total. The number of benzene rings is 1. The maximum absolute atomic E-state index is 6.02. The summed E-state index contributed by atoms with van der Waals surface area (Å²) < 4.78 is 1.41. The molecule has 0 aliphatic heterocycles. The molecule has 0 radical (unpaired) electrons. The number of hydrogen-bond donors (Lipinski definition) is 2. The van der Waals surface area contributed by atoms with Crippen molar-refractivity contribution in [2.24, 2.45) is 0 Å². The highest BCUT2D eigenvalue weighted by Crippen LogP contribution is 2.33. The molecule has 6 heteroatoms. The van der Waals surface area contributed by atoms with Gasteiger partial charge in [-0.25, -0.2) is 9.66 Å². The van der Waals surface area contributed by atoms with Crippen LogP contribution in [0.1, 0.15) is 26.6 Å². The summed E-state index contributed by atoms with van der Waals surface area (Å²) in [5, 5.41) is 0.953. The fraction of sp³-hybridized carbons (Fsp3) is 0.308. The van der Waals surface area contributed by atoms with Crippen molar-refractivity contribution in [1.29, 1.82) is 0 Å². The van der Waals surface area contributed by atoms with E-state index in [1.165, 1.54) is 4.68 Å². The molecule has 19 heavy (non-hydrogen) atoms. The summed E-state index contributed by atoms with van der Waals surface area (Å²) in [6.07, 6.45) is 0. The van der Waals surface area contributed by atoms with Gasteiger partial charge in [0.05, 0.1) is 10.0 Å². The van der Waals surface area contributed by atoms with E-state index < -0.39 is 0 Å². The van der Waals surface area contributed by atoms with Crippen LogP contribution >= 0.6 is 23.2 Å². The van der Waals surface area contributed by atoms with Gasteiger partial charge in [-0.2, -0.15) is 0 Å². The first kappa shape index (κ1) is 14.0. The number of hydrogen-bond acceptors (Lipinski definition) is 3. The Bertz CT molecular complexity index is 626. The largest absolute Gasteiger partial charge is 0.382 e. The van der Waals surface area contributed by atoms with E-state index in [1.54, 1.807) is 12.1 Å². The van der Waals surface area contributed by atoms with Gasteiger partial charge in [0, 0.05) is 11.0 Å². The van der Waals surface area contributed by atoms with Crippen molar-refractivity contribution in [3.63, 3.8) is 0 Å². The maximum atomic E-state index is 6.02. The number of halogens is 2. The Labute approximate surface area is 122 Å². The Morgan fingerprint density at radius 3 is 2.26 bits per heavy atom. The molecule has 0 aliphatic rings. The Morgan fingerprint density at radius 2 is 1.79 bits per heavy atom. The zero-order valence-electron chi connectivity index (χ0n) is 11.0. The van der Waals surface area contributed by atoms with Gasteiger partial charge >= 0.3 is 0 Å². The van der Waals surface area contributed by atoms with E-state index in [1.807, 2.05) is 26.8 Å². The summed E-state index contributed by atoms with van der Waals surface area (Å²) >= 11 is 11.9. The summed E-state index contributed by atoms with van der Waals surface area (Å²) in [5.74, 6) is 7.08. The highest BCUT2D eigenvalue weighted by atomic mass is 35.5. The SMILES string of the molecule is CC(C)(C)c1nc(-c2ccc(Cl)c(Cl)c2)c(N)n1N. The average Bonchev–Trinajstić information content (AvgIpc) is 2.60. The third-order valence-electron chi connectivity index (χ3n) is 2.81. The van der Waals surface area contributed by atoms with E-state index in [-0.39, 0.29) is 5.41 Å². The lowest BCUT2D eigenvalue weighted by atomic mass is 9.96. The minimum absolute atomic E-state index is 0.197. The third-order valence-corrected chi connectivity index (χ3v) is 3.55. The molecule has 0 saturated heterocycles. The number of nitrogen functional groups attached to an aromatic ring is 2. The fourth-order valence-corrected chi connectivity index (χ4v) is 2.13. The van der Waals surface area contributed by atoms with Gasteiger partial charge in [-0.1, -0.05) is 50.0 Å². The summed E-state index contributed by atoms with van der Waals surface area (Å²) in [6, 6.07) is 5.26. The molecular formula is C13H16Cl2N4. The number of imidazole rings is 1. The van der Waals surface area contributed by atoms with E-state index in [0.29, 0.717) is 27.4 Å². The minimum Gasteiger partial charge on any atom is -0.382 e. The van der Waals surface area contributed by atoms with Crippen LogP contribution < -0.4 is 11.6 Å². The topological polar surface area (TPSA) is 69.9 Å². The van der Waals surface area contributed by atoms with Crippen molar-refractivity contribution in [2.75, 3.05) is 11.6 Å². The second-order valence-corrected chi connectivity index (χ2v) is 6.23. The molecular weight excluding hydrogens is 283 g/mol. The zero-order chi connectivity index (χ0) is 14.4. The van der Waals surface area contributed by atoms with Crippen LogP contribution in [0.4, 0.5) is 5.82 Å². The standard InChI is InChI=1S/C13H16Cl2N4/c1-13(2,3)12-18-10(11(16)19(12)17)7-4-5-8(14)9(15)6-7/h4-6H,16-17H2,1-3H3. The Hall–Kier alpha value is -1.39. The number of nitrogens with two attached hydrogens (primary N) is 2. The molecule has 2 rings (SSSR count).